The Balaban J connectivity index is 1.64. The zero-order valence-corrected chi connectivity index (χ0v) is 25.1. The number of Topliss-reactive ketones (excluding diaryl/α,β-unsaturated/α-hetero) is 1. The minimum absolute atomic E-state index is 0.0435. The highest BCUT2D eigenvalue weighted by Gasteiger charge is 2.45. The van der Waals surface area contributed by atoms with Gasteiger partial charge in [0.2, 0.25) is 23.5 Å². The molecule has 1 aromatic carbocycles. The second kappa shape index (κ2) is 13.3. The summed E-state index contributed by atoms with van der Waals surface area (Å²) in [5, 5.41) is 6.81. The Morgan fingerprint density at radius 2 is 1.78 bits per heavy atom. The Labute approximate surface area is 258 Å². The first-order valence-corrected chi connectivity index (χ1v) is 14.7. The number of halogens is 6. The molecule has 0 radical (unpaired) electrons. The number of benzene rings is 1. The van der Waals surface area contributed by atoms with Crippen LogP contribution >= 0.6 is 0 Å². The van der Waals surface area contributed by atoms with Crippen LogP contribution in [0.25, 0.3) is 11.1 Å². The van der Waals surface area contributed by atoms with Crippen molar-refractivity contribution in [2.75, 3.05) is 13.1 Å². The highest BCUT2D eigenvalue weighted by atomic mass is 19.4. The van der Waals surface area contributed by atoms with Crippen molar-refractivity contribution in [3.8, 4) is 0 Å². The SMILES string of the molecule is CC(C)[C@H](NC(=O)C(F)(F)F)C(=O)N1CC[C@@H](C)C[C@H]1C(=O)N[C@@H](C[C@@H]1CCNC1=O)C(=O)c1nc2c(C(F)(F)F)cccc2o1. The number of likely N-dealkylation sites (tertiary alicyclic amines) is 1. The number of ketones is 1. The number of oxazole rings is 1. The number of para-hydroxylation sites is 1. The first kappa shape index (κ1) is 34.7. The molecule has 2 aromatic rings. The fourth-order valence-corrected chi connectivity index (χ4v) is 5.65. The molecule has 2 aliphatic rings. The molecule has 11 nitrogen and oxygen atoms in total. The van der Waals surface area contributed by atoms with Gasteiger partial charge in [0.05, 0.1) is 11.6 Å². The van der Waals surface area contributed by atoms with Gasteiger partial charge in [-0.05, 0) is 49.7 Å². The number of nitrogens with one attached hydrogen (secondary N) is 3. The maximum absolute atomic E-state index is 13.8. The van der Waals surface area contributed by atoms with E-state index in [0.29, 0.717) is 19.4 Å². The summed E-state index contributed by atoms with van der Waals surface area (Å²) >= 11 is 0. The second-order valence-electron chi connectivity index (χ2n) is 12.0. The number of aromatic nitrogens is 1. The van der Waals surface area contributed by atoms with Gasteiger partial charge >= 0.3 is 18.3 Å². The Bertz CT molecular complexity index is 1510. The van der Waals surface area contributed by atoms with Gasteiger partial charge in [0.15, 0.2) is 5.58 Å². The summed E-state index contributed by atoms with van der Waals surface area (Å²) in [6.07, 6.45) is -9.60. The standard InChI is InChI=1S/C29H33F6N5O6/c1-13(2)20(39-27(45)29(33,34)35)26(44)40-10-8-14(3)11-18(40)24(43)37-17(12-15-7-9-36-23(15)42)22(41)25-38-21-16(28(30,31)32)5-4-6-19(21)46-25/h4-6,13-15,17-18,20H,7-12H2,1-3H3,(H,36,42)(H,37,43)(H,39,45)/t14-,15+,17+,18+,20+/m1/s1. The molecule has 2 aliphatic heterocycles. The fraction of sp³-hybridized carbons (Fsp3) is 0.586. The third kappa shape index (κ3) is 7.61. The lowest BCUT2D eigenvalue weighted by molar-refractivity contribution is -0.175. The number of rotatable bonds is 9. The fourth-order valence-electron chi connectivity index (χ4n) is 5.65. The predicted molar refractivity (Wildman–Crippen MR) is 148 cm³/mol. The van der Waals surface area contributed by atoms with Crippen molar-refractivity contribution >= 4 is 40.5 Å². The average molecular weight is 662 g/mol. The van der Waals surface area contributed by atoms with Crippen LogP contribution in [0.15, 0.2) is 22.6 Å². The topological polar surface area (TPSA) is 151 Å². The summed E-state index contributed by atoms with van der Waals surface area (Å²) in [5.74, 6) is -7.98. The van der Waals surface area contributed by atoms with Crippen LogP contribution in [-0.2, 0) is 25.4 Å². The van der Waals surface area contributed by atoms with Gasteiger partial charge in [-0.15, -0.1) is 0 Å². The zero-order valence-electron chi connectivity index (χ0n) is 25.1. The minimum Gasteiger partial charge on any atom is -0.434 e. The molecule has 252 valence electrons. The number of piperidine rings is 1. The molecule has 0 saturated carbocycles. The minimum atomic E-state index is -5.26. The molecule has 5 atom stereocenters. The summed E-state index contributed by atoms with van der Waals surface area (Å²) in [5.41, 5.74) is -2.10. The van der Waals surface area contributed by atoms with Crippen molar-refractivity contribution in [2.45, 2.75) is 76.9 Å². The maximum atomic E-state index is 13.8. The monoisotopic (exact) mass is 661 g/mol. The normalized spacial score (nSPS) is 22.0. The largest absolute Gasteiger partial charge is 0.471 e. The zero-order chi connectivity index (χ0) is 34.1. The average Bonchev–Trinajstić information content (AvgIpc) is 3.59. The summed E-state index contributed by atoms with van der Waals surface area (Å²) in [6, 6.07) is -1.41. The van der Waals surface area contributed by atoms with E-state index in [1.165, 1.54) is 19.9 Å². The lowest BCUT2D eigenvalue weighted by Crippen LogP contribution is -2.61. The van der Waals surface area contributed by atoms with Gasteiger partial charge in [-0.25, -0.2) is 4.98 Å². The lowest BCUT2D eigenvalue weighted by Gasteiger charge is -2.40. The molecule has 3 heterocycles. The van der Waals surface area contributed by atoms with Crippen molar-refractivity contribution in [3.63, 3.8) is 0 Å². The second-order valence-corrected chi connectivity index (χ2v) is 12.0. The van der Waals surface area contributed by atoms with Crippen molar-refractivity contribution in [1.29, 1.82) is 0 Å². The van der Waals surface area contributed by atoms with Crippen molar-refractivity contribution in [2.24, 2.45) is 17.8 Å². The van der Waals surface area contributed by atoms with E-state index in [9.17, 15) is 50.3 Å². The number of amides is 4. The van der Waals surface area contributed by atoms with E-state index in [1.54, 1.807) is 12.2 Å². The number of nitrogens with zero attached hydrogens (tertiary/aromatic N) is 2. The third-order valence-electron chi connectivity index (χ3n) is 8.18. The number of alkyl halides is 6. The van der Waals surface area contributed by atoms with Crippen LogP contribution in [0.5, 0.6) is 0 Å². The number of carbonyl (C=O) groups is 5. The van der Waals surface area contributed by atoms with Crippen LogP contribution in [0.4, 0.5) is 26.3 Å². The first-order valence-electron chi connectivity index (χ1n) is 14.7. The highest BCUT2D eigenvalue weighted by molar-refractivity contribution is 6.02. The molecule has 0 aliphatic carbocycles. The molecule has 0 unspecified atom stereocenters. The van der Waals surface area contributed by atoms with Crippen LogP contribution in [0, 0.1) is 17.8 Å². The van der Waals surface area contributed by atoms with Gasteiger partial charge in [-0.3, -0.25) is 24.0 Å². The van der Waals surface area contributed by atoms with Crippen LogP contribution in [0.1, 0.15) is 62.7 Å². The summed E-state index contributed by atoms with van der Waals surface area (Å²) in [7, 11) is 0. The van der Waals surface area contributed by atoms with E-state index >= 15 is 0 Å². The van der Waals surface area contributed by atoms with Crippen LogP contribution in [0.3, 0.4) is 0 Å². The van der Waals surface area contributed by atoms with E-state index in [-0.39, 0.29) is 30.9 Å². The van der Waals surface area contributed by atoms with E-state index in [4.69, 9.17) is 4.42 Å². The molecule has 3 N–H and O–H groups in total. The summed E-state index contributed by atoms with van der Waals surface area (Å²) < 4.78 is 85.1. The molecule has 4 rings (SSSR count). The Morgan fingerprint density at radius 3 is 2.37 bits per heavy atom. The molecule has 17 heteroatoms. The van der Waals surface area contributed by atoms with E-state index in [2.05, 4.69) is 15.6 Å². The van der Waals surface area contributed by atoms with Crippen LogP contribution < -0.4 is 16.0 Å². The van der Waals surface area contributed by atoms with Gasteiger partial charge in [0.25, 0.3) is 5.89 Å². The molecule has 0 bridgehead atoms. The number of hydrogen-bond acceptors (Lipinski definition) is 7. The highest BCUT2D eigenvalue weighted by Crippen LogP contribution is 2.35. The molecule has 2 saturated heterocycles. The van der Waals surface area contributed by atoms with Crippen molar-refractivity contribution < 1.29 is 54.7 Å². The molecule has 2 fully saturated rings. The van der Waals surface area contributed by atoms with Gasteiger partial charge < -0.3 is 25.3 Å². The lowest BCUT2D eigenvalue weighted by atomic mass is 9.89. The summed E-state index contributed by atoms with van der Waals surface area (Å²) in [4.78, 5) is 69.8. The molecule has 0 spiro atoms. The molecular weight excluding hydrogens is 628 g/mol. The van der Waals surface area contributed by atoms with Gasteiger partial charge in [0, 0.05) is 19.0 Å². The predicted octanol–water partition coefficient (Wildman–Crippen LogP) is 3.37. The smallest absolute Gasteiger partial charge is 0.434 e. The third-order valence-corrected chi connectivity index (χ3v) is 8.18. The molecular formula is C29H33F6N5O6. The van der Waals surface area contributed by atoms with E-state index in [0.717, 1.165) is 17.0 Å². The van der Waals surface area contributed by atoms with Crippen molar-refractivity contribution in [3.05, 3.63) is 29.7 Å². The van der Waals surface area contributed by atoms with E-state index in [1.807, 2.05) is 0 Å². The van der Waals surface area contributed by atoms with Crippen LogP contribution in [-0.4, -0.2) is 76.7 Å². The van der Waals surface area contributed by atoms with Crippen LogP contribution in [0.2, 0.25) is 0 Å². The first-order chi connectivity index (χ1) is 21.4. The molecule has 1 aromatic heterocycles. The van der Waals surface area contributed by atoms with Gasteiger partial charge in [-0.2, -0.15) is 26.3 Å². The number of carbonyl (C=O) groups excluding carboxylic acids is 5. The molecule has 46 heavy (non-hydrogen) atoms. The van der Waals surface area contributed by atoms with E-state index < -0.39 is 88.7 Å². The van der Waals surface area contributed by atoms with Gasteiger partial charge in [-0.1, -0.05) is 26.8 Å². The maximum Gasteiger partial charge on any atom is 0.471 e. The quantitative estimate of drug-likeness (QED) is 0.276. The molecule has 4 amide bonds. The Kier molecular flexibility index (Phi) is 10.0. The van der Waals surface area contributed by atoms with Crippen molar-refractivity contribution in [1.82, 2.24) is 25.8 Å². The number of fused-ring (bicyclic) bond motifs is 1. The Hall–Kier alpha value is -4.18. The van der Waals surface area contributed by atoms with Gasteiger partial charge in [0.1, 0.15) is 17.6 Å². The summed E-state index contributed by atoms with van der Waals surface area (Å²) in [6.45, 7) is 4.88. The number of hydrogen-bond donors (Lipinski definition) is 3. The Morgan fingerprint density at radius 1 is 1.09 bits per heavy atom.